The molecule has 0 atom stereocenters. The molecule has 13 heteroatoms. The van der Waals surface area contributed by atoms with Crippen molar-refractivity contribution in [2.24, 2.45) is 5.41 Å². The molecule has 1 spiro atoms. The third-order valence-electron chi connectivity index (χ3n) is 11.4. The third-order valence-corrected chi connectivity index (χ3v) is 11.4. The number of anilines is 1. The summed E-state index contributed by atoms with van der Waals surface area (Å²) < 4.78 is 60.5. The Kier molecular flexibility index (Phi) is 10.3. The zero-order valence-corrected chi connectivity index (χ0v) is 30.8. The van der Waals surface area contributed by atoms with Crippen LogP contribution in [0.25, 0.3) is 32.9 Å². The predicted molar refractivity (Wildman–Crippen MR) is 200 cm³/mol. The van der Waals surface area contributed by atoms with Crippen LogP contribution < -0.4 is 9.64 Å². The summed E-state index contributed by atoms with van der Waals surface area (Å²) in [5.74, 6) is -0.817. The van der Waals surface area contributed by atoms with Gasteiger partial charge in [0.05, 0.1) is 16.5 Å². The number of likely N-dealkylation sites (tertiary alicyclic amines) is 1. The van der Waals surface area contributed by atoms with E-state index in [2.05, 4.69) is 25.7 Å². The fraction of sp³-hybridized carbons (Fsp3) is 0.512. The molecular weight excluding hydrogens is 700 g/mol. The lowest BCUT2D eigenvalue weighted by molar-refractivity contribution is -0.129. The van der Waals surface area contributed by atoms with Gasteiger partial charge in [0.25, 0.3) is 0 Å². The number of pyridine rings is 1. The third kappa shape index (κ3) is 7.12. The highest BCUT2D eigenvalue weighted by Gasteiger charge is 2.46. The van der Waals surface area contributed by atoms with Gasteiger partial charge in [0.1, 0.15) is 35.2 Å². The summed E-state index contributed by atoms with van der Waals surface area (Å²) in [5.41, 5.74) is -0.0848. The van der Waals surface area contributed by atoms with E-state index in [4.69, 9.17) is 16.1 Å². The van der Waals surface area contributed by atoms with E-state index in [1.807, 2.05) is 13.8 Å². The molecule has 1 amide bonds. The van der Waals surface area contributed by atoms with Gasteiger partial charge in [-0.15, -0.1) is 6.42 Å². The monoisotopic (exact) mass is 746 g/mol. The van der Waals surface area contributed by atoms with Gasteiger partial charge in [-0.2, -0.15) is 9.97 Å². The van der Waals surface area contributed by atoms with Crippen LogP contribution in [0.5, 0.6) is 11.8 Å². The van der Waals surface area contributed by atoms with Gasteiger partial charge in [-0.25, -0.2) is 17.6 Å². The standard InChI is InChI=1S/C36H36F2N6O3.C3H4F2.C2H6/c1-2-25-28(37)8-7-23-15-24(46)16-26(29(23)25)31-30(38)32-27(17-39-31)33(43-12-4-3-9-35(20-43)18-42(19-35)22-45)41-34(40-32)47-21-36-10-5-13-44(36)14-6-11-36;4-3(5)1-2-3;1-2/h1,7-8,15-17,22,46H,3-6,9-14,18-21H2;1-2H2;1-2H3. The average molecular weight is 747 g/mol. The summed E-state index contributed by atoms with van der Waals surface area (Å²) in [6.45, 7) is 9.22. The van der Waals surface area contributed by atoms with Crippen LogP contribution in [0.15, 0.2) is 30.5 Å². The molecule has 9 rings (SSSR count). The molecule has 286 valence electrons. The summed E-state index contributed by atoms with van der Waals surface area (Å²) >= 11 is 0. The van der Waals surface area contributed by atoms with Crippen molar-refractivity contribution in [1.29, 1.82) is 0 Å². The van der Waals surface area contributed by atoms with Crippen LogP contribution in [-0.2, 0) is 4.79 Å². The number of carbonyl (C=O) groups is 1. The number of rotatable bonds is 6. The number of halogens is 4. The van der Waals surface area contributed by atoms with E-state index in [0.717, 1.165) is 64.4 Å². The summed E-state index contributed by atoms with van der Waals surface area (Å²) in [6, 6.07) is 5.63. The smallest absolute Gasteiger partial charge is 0.319 e. The minimum Gasteiger partial charge on any atom is -0.508 e. The van der Waals surface area contributed by atoms with Crippen LogP contribution in [0.3, 0.4) is 0 Å². The Morgan fingerprint density at radius 1 is 0.963 bits per heavy atom. The van der Waals surface area contributed by atoms with Gasteiger partial charge in [-0.3, -0.25) is 14.7 Å². The van der Waals surface area contributed by atoms with Crippen LogP contribution in [0.1, 0.15) is 77.2 Å². The molecule has 9 nitrogen and oxygen atoms in total. The van der Waals surface area contributed by atoms with E-state index in [1.54, 1.807) is 11.1 Å². The largest absolute Gasteiger partial charge is 0.508 e. The normalized spacial score (nSPS) is 20.5. The zero-order valence-electron chi connectivity index (χ0n) is 30.8. The number of fused-ring (bicyclic) bond motifs is 3. The number of terminal acetylenes is 1. The molecule has 4 aromatic rings. The van der Waals surface area contributed by atoms with Crippen molar-refractivity contribution in [2.45, 2.75) is 83.1 Å². The van der Waals surface area contributed by atoms with E-state index in [-0.39, 0.29) is 63.3 Å². The first-order chi connectivity index (χ1) is 26.0. The molecule has 1 aliphatic carbocycles. The molecule has 5 aliphatic rings. The van der Waals surface area contributed by atoms with Gasteiger partial charge in [0.2, 0.25) is 12.3 Å². The van der Waals surface area contributed by atoms with Crippen molar-refractivity contribution in [3.63, 3.8) is 0 Å². The molecule has 5 fully saturated rings. The fourth-order valence-corrected chi connectivity index (χ4v) is 8.72. The van der Waals surface area contributed by atoms with E-state index >= 15 is 4.39 Å². The van der Waals surface area contributed by atoms with Crippen molar-refractivity contribution >= 4 is 33.9 Å². The minimum atomic E-state index is -2.25. The lowest BCUT2D eigenvalue weighted by atomic mass is 9.76. The lowest BCUT2D eigenvalue weighted by Crippen LogP contribution is -2.59. The summed E-state index contributed by atoms with van der Waals surface area (Å²) in [5, 5.41) is 11.7. The number of aromatic hydroxyl groups is 1. The Balaban J connectivity index is 0.000000588. The molecule has 4 saturated heterocycles. The maximum absolute atomic E-state index is 16.9. The number of nitrogens with zero attached hydrogens (tertiary/aromatic N) is 6. The van der Waals surface area contributed by atoms with Gasteiger partial charge in [-0.05, 0) is 75.2 Å². The maximum Gasteiger partial charge on any atom is 0.319 e. The molecule has 6 heterocycles. The summed E-state index contributed by atoms with van der Waals surface area (Å²) in [7, 11) is 0. The van der Waals surface area contributed by atoms with Gasteiger partial charge in [0.15, 0.2) is 5.82 Å². The van der Waals surface area contributed by atoms with Crippen LogP contribution in [0, 0.1) is 29.4 Å². The minimum absolute atomic E-state index is 0.0266. The number of phenolic OH excluding ortho intramolecular Hbond substituents is 1. The van der Waals surface area contributed by atoms with Crippen LogP contribution in [0.2, 0.25) is 0 Å². The number of ether oxygens (including phenoxy) is 1. The highest BCUT2D eigenvalue weighted by Crippen LogP contribution is 2.44. The van der Waals surface area contributed by atoms with Gasteiger partial charge in [0, 0.05) is 61.6 Å². The number of benzene rings is 2. The fourth-order valence-electron chi connectivity index (χ4n) is 8.72. The number of hydrogen-bond acceptors (Lipinski definition) is 8. The molecule has 0 radical (unpaired) electrons. The zero-order chi connectivity index (χ0) is 38.3. The van der Waals surface area contributed by atoms with E-state index in [9.17, 15) is 23.1 Å². The first kappa shape index (κ1) is 37.6. The number of aromatic nitrogens is 3. The van der Waals surface area contributed by atoms with Gasteiger partial charge >= 0.3 is 6.01 Å². The Hall–Kier alpha value is -4.70. The molecule has 1 saturated carbocycles. The molecule has 1 N–H and O–H groups in total. The first-order valence-electron chi connectivity index (χ1n) is 19.0. The Bertz CT molecular complexity index is 2080. The molecule has 54 heavy (non-hydrogen) atoms. The van der Waals surface area contributed by atoms with Crippen molar-refractivity contribution in [3.05, 3.63) is 47.7 Å². The van der Waals surface area contributed by atoms with Crippen molar-refractivity contribution in [2.75, 3.05) is 50.8 Å². The first-order valence-corrected chi connectivity index (χ1v) is 19.0. The van der Waals surface area contributed by atoms with Gasteiger partial charge in [-0.1, -0.05) is 32.3 Å². The molecule has 0 unspecified atom stereocenters. The van der Waals surface area contributed by atoms with Crippen LogP contribution in [-0.4, -0.2) is 93.6 Å². The Morgan fingerprint density at radius 3 is 2.35 bits per heavy atom. The second-order valence-corrected chi connectivity index (χ2v) is 15.1. The second-order valence-electron chi connectivity index (χ2n) is 15.1. The van der Waals surface area contributed by atoms with Crippen molar-refractivity contribution < 1.29 is 32.2 Å². The summed E-state index contributed by atoms with van der Waals surface area (Å²) in [6.07, 6.45) is 15.6. The molecule has 2 aromatic heterocycles. The van der Waals surface area contributed by atoms with Crippen molar-refractivity contribution in [1.82, 2.24) is 24.8 Å². The lowest BCUT2D eigenvalue weighted by Gasteiger charge is -2.50. The number of carbonyl (C=O) groups excluding carboxylic acids is 1. The van der Waals surface area contributed by atoms with Crippen LogP contribution >= 0.6 is 0 Å². The highest BCUT2D eigenvalue weighted by atomic mass is 19.3. The molecule has 2 aromatic carbocycles. The van der Waals surface area contributed by atoms with E-state index in [1.165, 1.54) is 24.3 Å². The molecule has 0 bridgehead atoms. The Morgan fingerprint density at radius 2 is 1.69 bits per heavy atom. The number of phenols is 1. The number of amides is 1. The van der Waals surface area contributed by atoms with Crippen LogP contribution in [0.4, 0.5) is 23.4 Å². The topological polar surface area (TPSA) is 94.9 Å². The number of alkyl halides is 2. The predicted octanol–water partition coefficient (Wildman–Crippen LogP) is 7.71. The Labute approximate surface area is 312 Å². The van der Waals surface area contributed by atoms with Gasteiger partial charge < -0.3 is 19.6 Å². The number of hydrogen-bond donors (Lipinski definition) is 1. The molecule has 4 aliphatic heterocycles. The van der Waals surface area contributed by atoms with E-state index in [0.29, 0.717) is 49.4 Å². The van der Waals surface area contributed by atoms with E-state index < -0.39 is 17.6 Å². The highest BCUT2D eigenvalue weighted by molar-refractivity contribution is 6.03. The second kappa shape index (κ2) is 14.9. The quantitative estimate of drug-likeness (QED) is 0.122. The molecular formula is C41H46F4N6O3. The maximum atomic E-state index is 16.9. The average Bonchev–Trinajstić information content (AvgIpc) is 3.59. The van der Waals surface area contributed by atoms with Crippen molar-refractivity contribution in [3.8, 4) is 35.4 Å². The summed E-state index contributed by atoms with van der Waals surface area (Å²) in [4.78, 5) is 32.0. The SMILES string of the molecule is C#Cc1c(F)ccc2cc(O)cc(-c3ncc4c(N5CCCCC6(CN(C=O)C6)C5)nc(OCC56CCCN5CCC6)nc4c3F)c12.CC.FC1(F)CC1.